The molecule has 3 rings (SSSR count). The van der Waals surface area contributed by atoms with Crippen molar-refractivity contribution in [3.63, 3.8) is 0 Å². The van der Waals surface area contributed by atoms with Gasteiger partial charge in [-0.2, -0.15) is 0 Å². The monoisotopic (exact) mass is 382 g/mol. The Kier molecular flexibility index (Phi) is 5.77. The van der Waals surface area contributed by atoms with Gasteiger partial charge in [0.15, 0.2) is 0 Å². The first-order valence-electron chi connectivity index (χ1n) is 7.99. The molecule has 130 valence electrons. The number of rotatable bonds is 4. The second-order valence-corrected chi connectivity index (χ2v) is 6.48. The van der Waals surface area contributed by atoms with Crippen LogP contribution in [-0.4, -0.2) is 13.1 Å². The van der Waals surface area contributed by atoms with Crippen LogP contribution in [-0.2, 0) is 4.74 Å². The highest BCUT2D eigenvalue weighted by molar-refractivity contribution is 6.42. The lowest BCUT2D eigenvalue weighted by atomic mass is 9.99. The molecule has 0 fully saturated rings. The maximum Gasteiger partial charge on any atom is 0.337 e. The van der Waals surface area contributed by atoms with Gasteiger partial charge in [-0.3, -0.25) is 0 Å². The van der Waals surface area contributed by atoms with Gasteiger partial charge >= 0.3 is 5.97 Å². The average molecular weight is 383 g/mol. The Balaban J connectivity index is 1.89. The van der Waals surface area contributed by atoms with Gasteiger partial charge < -0.3 is 4.74 Å². The van der Waals surface area contributed by atoms with Crippen LogP contribution in [0.4, 0.5) is 0 Å². The van der Waals surface area contributed by atoms with Crippen molar-refractivity contribution in [2.75, 3.05) is 7.11 Å². The summed E-state index contributed by atoms with van der Waals surface area (Å²) in [6, 6.07) is 20.9. The highest BCUT2D eigenvalue weighted by Gasteiger charge is 2.06. The maximum atomic E-state index is 11.5. The van der Waals surface area contributed by atoms with E-state index >= 15 is 0 Å². The number of ether oxygens (including phenoxy) is 1. The highest BCUT2D eigenvalue weighted by Crippen LogP contribution is 2.31. The summed E-state index contributed by atoms with van der Waals surface area (Å²) >= 11 is 12.2. The summed E-state index contributed by atoms with van der Waals surface area (Å²) in [5, 5.41) is 1.07. The fourth-order valence-corrected chi connectivity index (χ4v) is 2.90. The third-order valence-electron chi connectivity index (χ3n) is 3.98. The van der Waals surface area contributed by atoms with Crippen molar-refractivity contribution >= 4 is 41.3 Å². The quantitative estimate of drug-likeness (QED) is 0.374. The lowest BCUT2D eigenvalue weighted by Gasteiger charge is -2.08. The molecule has 0 saturated heterocycles. The van der Waals surface area contributed by atoms with Crippen LogP contribution in [0.1, 0.15) is 21.5 Å². The van der Waals surface area contributed by atoms with E-state index in [1.165, 1.54) is 7.11 Å². The summed E-state index contributed by atoms with van der Waals surface area (Å²) in [5.41, 5.74) is 4.64. The van der Waals surface area contributed by atoms with E-state index < -0.39 is 0 Å². The SMILES string of the molecule is COC(=O)c1ccc(/C=C/c2ccccc2-c2ccc(Cl)c(Cl)c2)cc1. The topological polar surface area (TPSA) is 26.3 Å². The van der Waals surface area contributed by atoms with E-state index in [0.717, 1.165) is 22.3 Å². The van der Waals surface area contributed by atoms with Crippen LogP contribution < -0.4 is 0 Å². The van der Waals surface area contributed by atoms with Gasteiger partial charge in [0.2, 0.25) is 0 Å². The van der Waals surface area contributed by atoms with Gasteiger partial charge in [0, 0.05) is 0 Å². The van der Waals surface area contributed by atoms with Crippen molar-refractivity contribution in [1.82, 2.24) is 0 Å². The molecule has 0 aromatic heterocycles. The lowest BCUT2D eigenvalue weighted by Crippen LogP contribution is -2.00. The van der Waals surface area contributed by atoms with Gasteiger partial charge in [0.25, 0.3) is 0 Å². The average Bonchev–Trinajstić information content (AvgIpc) is 2.68. The summed E-state index contributed by atoms with van der Waals surface area (Å²) in [5.74, 6) is -0.342. The zero-order chi connectivity index (χ0) is 18.5. The van der Waals surface area contributed by atoms with E-state index in [9.17, 15) is 4.79 Å². The van der Waals surface area contributed by atoms with Crippen molar-refractivity contribution in [2.45, 2.75) is 0 Å². The first kappa shape index (κ1) is 18.2. The van der Waals surface area contributed by atoms with Gasteiger partial charge in [-0.05, 0) is 46.5 Å². The van der Waals surface area contributed by atoms with Gasteiger partial charge in [-0.1, -0.05) is 77.8 Å². The van der Waals surface area contributed by atoms with Crippen molar-refractivity contribution in [1.29, 1.82) is 0 Å². The second-order valence-electron chi connectivity index (χ2n) is 5.66. The molecule has 3 aromatic rings. The third-order valence-corrected chi connectivity index (χ3v) is 4.72. The molecule has 0 N–H and O–H groups in total. The maximum absolute atomic E-state index is 11.5. The number of carbonyl (C=O) groups is 1. The molecule has 0 aliphatic heterocycles. The van der Waals surface area contributed by atoms with Gasteiger partial charge in [0.05, 0.1) is 22.7 Å². The normalized spacial score (nSPS) is 10.9. The molecule has 0 aliphatic rings. The Morgan fingerprint density at radius 2 is 1.62 bits per heavy atom. The van der Waals surface area contributed by atoms with Crippen LogP contribution in [0.3, 0.4) is 0 Å². The van der Waals surface area contributed by atoms with Crippen LogP contribution in [0.15, 0.2) is 66.7 Å². The predicted molar refractivity (Wildman–Crippen MR) is 109 cm³/mol. The molecule has 0 bridgehead atoms. The summed E-state index contributed by atoms with van der Waals surface area (Å²) in [6.07, 6.45) is 4.03. The molecule has 0 unspecified atom stereocenters. The van der Waals surface area contributed by atoms with Crippen molar-refractivity contribution in [3.8, 4) is 11.1 Å². The van der Waals surface area contributed by atoms with E-state index in [-0.39, 0.29) is 5.97 Å². The first-order valence-corrected chi connectivity index (χ1v) is 8.75. The summed E-state index contributed by atoms with van der Waals surface area (Å²) in [6.45, 7) is 0. The number of carbonyl (C=O) groups excluding carboxylic acids is 1. The summed E-state index contributed by atoms with van der Waals surface area (Å²) < 4.78 is 4.71. The molecule has 0 atom stereocenters. The zero-order valence-corrected chi connectivity index (χ0v) is 15.6. The van der Waals surface area contributed by atoms with Crippen LogP contribution in [0.25, 0.3) is 23.3 Å². The minimum Gasteiger partial charge on any atom is -0.465 e. The molecular formula is C22H16Cl2O2. The van der Waals surface area contributed by atoms with Gasteiger partial charge in [0.1, 0.15) is 0 Å². The minimum atomic E-state index is -0.342. The fourth-order valence-electron chi connectivity index (χ4n) is 2.60. The summed E-state index contributed by atoms with van der Waals surface area (Å²) in [7, 11) is 1.37. The Hall–Kier alpha value is -2.55. The summed E-state index contributed by atoms with van der Waals surface area (Å²) in [4.78, 5) is 11.5. The van der Waals surface area contributed by atoms with Crippen LogP contribution in [0, 0.1) is 0 Å². The molecule has 0 aliphatic carbocycles. The molecule has 3 aromatic carbocycles. The van der Waals surface area contributed by atoms with Crippen LogP contribution in [0.2, 0.25) is 10.0 Å². The van der Waals surface area contributed by atoms with Gasteiger partial charge in [-0.25, -0.2) is 4.79 Å². The van der Waals surface area contributed by atoms with Crippen LogP contribution >= 0.6 is 23.2 Å². The standard InChI is InChI=1S/C22H16Cl2O2/c1-26-22(25)17-10-7-15(8-11-17)6-9-16-4-2-3-5-19(16)18-12-13-20(23)21(24)14-18/h2-14H,1H3/b9-6+. The largest absolute Gasteiger partial charge is 0.465 e. The number of esters is 1. The van der Waals surface area contributed by atoms with Gasteiger partial charge in [-0.15, -0.1) is 0 Å². The molecule has 4 heteroatoms. The zero-order valence-electron chi connectivity index (χ0n) is 14.1. The molecule has 0 amide bonds. The van der Waals surface area contributed by atoms with E-state index in [2.05, 4.69) is 0 Å². The van der Waals surface area contributed by atoms with E-state index in [0.29, 0.717) is 15.6 Å². The molecule has 2 nitrogen and oxygen atoms in total. The minimum absolute atomic E-state index is 0.342. The third kappa shape index (κ3) is 4.16. The Morgan fingerprint density at radius 1 is 0.885 bits per heavy atom. The van der Waals surface area contributed by atoms with Crippen molar-refractivity contribution < 1.29 is 9.53 Å². The number of halogens is 2. The number of hydrogen-bond acceptors (Lipinski definition) is 2. The van der Waals surface area contributed by atoms with E-state index in [1.807, 2.05) is 60.7 Å². The molecule has 0 heterocycles. The predicted octanol–water partition coefficient (Wildman–Crippen LogP) is 6.62. The molecule has 0 radical (unpaired) electrons. The smallest absolute Gasteiger partial charge is 0.337 e. The van der Waals surface area contributed by atoms with E-state index in [1.54, 1.807) is 18.2 Å². The molecule has 0 saturated carbocycles. The van der Waals surface area contributed by atoms with Crippen molar-refractivity contribution in [3.05, 3.63) is 93.5 Å². The van der Waals surface area contributed by atoms with Crippen LogP contribution in [0.5, 0.6) is 0 Å². The Labute approximate surface area is 162 Å². The lowest BCUT2D eigenvalue weighted by molar-refractivity contribution is 0.0600. The number of methoxy groups -OCH3 is 1. The Morgan fingerprint density at radius 3 is 2.31 bits per heavy atom. The molecule has 26 heavy (non-hydrogen) atoms. The Bertz CT molecular complexity index is 960. The fraction of sp³-hybridized carbons (Fsp3) is 0.0455. The highest BCUT2D eigenvalue weighted by atomic mass is 35.5. The van der Waals surface area contributed by atoms with Crippen molar-refractivity contribution in [2.24, 2.45) is 0 Å². The second kappa shape index (κ2) is 8.22. The van der Waals surface area contributed by atoms with E-state index in [4.69, 9.17) is 27.9 Å². The number of benzene rings is 3. The number of hydrogen-bond donors (Lipinski definition) is 0. The first-order chi connectivity index (χ1) is 12.6. The molecular weight excluding hydrogens is 367 g/mol. The molecule has 0 spiro atoms.